The van der Waals surface area contributed by atoms with Gasteiger partial charge in [-0.15, -0.1) is 0 Å². The number of esters is 3. The van der Waals surface area contributed by atoms with Crippen molar-refractivity contribution in [1.29, 1.82) is 0 Å². The number of aldehydes is 1. The van der Waals surface area contributed by atoms with Crippen LogP contribution in [0.15, 0.2) is 0 Å². The van der Waals surface area contributed by atoms with Crippen LogP contribution in [0, 0.1) is 0 Å². The molecule has 1 aliphatic rings. The van der Waals surface area contributed by atoms with Gasteiger partial charge >= 0.3 is 30.0 Å². The molecule has 1 aliphatic heterocycles. The fourth-order valence-corrected chi connectivity index (χ4v) is 2.57. The molecule has 0 unspecified atom stereocenters. The Balaban J connectivity index is 3.35. The first-order chi connectivity index (χ1) is 13.9. The van der Waals surface area contributed by atoms with E-state index in [1.807, 2.05) is 0 Å². The topological polar surface area (TPSA) is 144 Å². The Morgan fingerprint density at radius 3 is 2.03 bits per heavy atom. The lowest BCUT2D eigenvalue weighted by molar-refractivity contribution is -0.277. The quantitative estimate of drug-likeness (QED) is 0.293. The van der Waals surface area contributed by atoms with Crippen LogP contribution in [0.3, 0.4) is 0 Å². The summed E-state index contributed by atoms with van der Waals surface area (Å²) >= 11 is 0. The van der Waals surface area contributed by atoms with Crippen LogP contribution in [-0.4, -0.2) is 80.1 Å². The molecule has 1 fully saturated rings. The number of ether oxygens (including phenoxy) is 5. The first-order valence-electron chi connectivity index (χ1n) is 8.43. The standard InChI is InChI=1S/C16H20F3NO10/c1-7(22)27-6-10-12(28-8(2)23)13(29-9(3)24)11(14(30-10)26-5-4-21)20-15(25)16(17,18)19/h4,10-14H,5-6H2,1-3H3,(H,20,25)/t10-,11-,12-,13-,14-/m1/s1. The van der Waals surface area contributed by atoms with E-state index in [1.54, 1.807) is 5.32 Å². The van der Waals surface area contributed by atoms with E-state index in [0.29, 0.717) is 0 Å². The number of carbonyl (C=O) groups is 5. The summed E-state index contributed by atoms with van der Waals surface area (Å²) < 4.78 is 63.5. The highest BCUT2D eigenvalue weighted by molar-refractivity contribution is 5.82. The van der Waals surface area contributed by atoms with Crippen molar-refractivity contribution in [3.63, 3.8) is 0 Å². The summed E-state index contributed by atoms with van der Waals surface area (Å²) in [6, 6.07) is -1.83. The van der Waals surface area contributed by atoms with E-state index in [2.05, 4.69) is 0 Å². The molecule has 0 aromatic carbocycles. The lowest BCUT2D eigenvalue weighted by atomic mass is 9.96. The van der Waals surface area contributed by atoms with Gasteiger partial charge in [-0.1, -0.05) is 0 Å². The molecule has 1 amide bonds. The number of hydrogen-bond acceptors (Lipinski definition) is 10. The van der Waals surface area contributed by atoms with Crippen LogP contribution in [0.25, 0.3) is 0 Å². The van der Waals surface area contributed by atoms with E-state index < -0.39 is 73.8 Å². The highest BCUT2D eigenvalue weighted by atomic mass is 19.4. The number of hydrogen-bond donors (Lipinski definition) is 1. The van der Waals surface area contributed by atoms with Crippen molar-refractivity contribution < 1.29 is 60.8 Å². The zero-order valence-electron chi connectivity index (χ0n) is 16.1. The molecule has 0 saturated carbocycles. The van der Waals surface area contributed by atoms with Crippen LogP contribution in [0.2, 0.25) is 0 Å². The summed E-state index contributed by atoms with van der Waals surface area (Å²) in [5, 5.41) is 1.56. The predicted octanol–water partition coefficient (Wildman–Crippen LogP) is -0.600. The normalized spacial score (nSPS) is 26.3. The molecule has 1 N–H and O–H groups in total. The van der Waals surface area contributed by atoms with Gasteiger partial charge < -0.3 is 33.8 Å². The van der Waals surface area contributed by atoms with Crippen LogP contribution in [0.5, 0.6) is 0 Å². The molecule has 0 spiro atoms. The lowest BCUT2D eigenvalue weighted by Crippen LogP contribution is -2.67. The number of amides is 1. The average molecular weight is 443 g/mol. The maximum absolute atomic E-state index is 12.8. The molecular weight excluding hydrogens is 423 g/mol. The Morgan fingerprint density at radius 1 is 1.00 bits per heavy atom. The van der Waals surface area contributed by atoms with E-state index >= 15 is 0 Å². The SMILES string of the molecule is CC(=O)OC[C@H]1O[C@@H](OCC=O)[C@H](NC(=O)C(F)(F)F)[C@@H](OC(C)=O)[C@@H]1OC(C)=O. The molecule has 1 saturated heterocycles. The average Bonchev–Trinajstić information content (AvgIpc) is 2.60. The summed E-state index contributed by atoms with van der Waals surface area (Å²) in [6.45, 7) is 1.72. The second-order valence-corrected chi connectivity index (χ2v) is 5.99. The van der Waals surface area contributed by atoms with Crippen LogP contribution >= 0.6 is 0 Å². The van der Waals surface area contributed by atoms with Gasteiger partial charge in [0.1, 0.15) is 31.6 Å². The third kappa shape index (κ3) is 7.59. The molecule has 0 bridgehead atoms. The van der Waals surface area contributed by atoms with Crippen molar-refractivity contribution in [2.75, 3.05) is 13.2 Å². The van der Waals surface area contributed by atoms with E-state index in [4.69, 9.17) is 23.7 Å². The van der Waals surface area contributed by atoms with E-state index in [1.165, 1.54) is 0 Å². The molecule has 0 aromatic rings. The van der Waals surface area contributed by atoms with Crippen molar-refractivity contribution in [3.8, 4) is 0 Å². The lowest BCUT2D eigenvalue weighted by Gasteiger charge is -2.44. The molecule has 5 atom stereocenters. The molecule has 11 nitrogen and oxygen atoms in total. The zero-order chi connectivity index (χ0) is 23.1. The van der Waals surface area contributed by atoms with E-state index in [-0.39, 0.29) is 6.29 Å². The highest BCUT2D eigenvalue weighted by Gasteiger charge is 2.53. The fourth-order valence-electron chi connectivity index (χ4n) is 2.57. The van der Waals surface area contributed by atoms with Crippen molar-refractivity contribution >= 4 is 30.1 Å². The maximum atomic E-state index is 12.8. The Kier molecular flexibility index (Phi) is 9.17. The van der Waals surface area contributed by atoms with Gasteiger partial charge in [0.15, 0.2) is 18.5 Å². The fraction of sp³-hybridized carbons (Fsp3) is 0.688. The molecule has 1 heterocycles. The van der Waals surface area contributed by atoms with E-state index in [0.717, 1.165) is 20.8 Å². The van der Waals surface area contributed by atoms with Gasteiger partial charge in [-0.3, -0.25) is 19.2 Å². The minimum absolute atomic E-state index is 0.256. The highest BCUT2D eigenvalue weighted by Crippen LogP contribution is 2.28. The molecule has 170 valence electrons. The summed E-state index contributed by atoms with van der Waals surface area (Å²) in [7, 11) is 0. The minimum Gasteiger partial charge on any atom is -0.463 e. The number of halogens is 3. The molecule has 0 radical (unpaired) electrons. The molecule has 1 rings (SSSR count). The third-order valence-corrected chi connectivity index (χ3v) is 3.59. The number of alkyl halides is 3. The minimum atomic E-state index is -5.32. The Hall–Kier alpha value is -2.74. The molecular formula is C16H20F3NO10. The summed E-state index contributed by atoms with van der Waals surface area (Å²) in [4.78, 5) is 56.3. The summed E-state index contributed by atoms with van der Waals surface area (Å²) in [5.41, 5.74) is 0. The van der Waals surface area contributed by atoms with Crippen LogP contribution in [-0.2, 0) is 47.7 Å². The monoisotopic (exact) mass is 443 g/mol. The van der Waals surface area contributed by atoms with Crippen LogP contribution in [0.4, 0.5) is 13.2 Å². The van der Waals surface area contributed by atoms with Gasteiger partial charge in [0.05, 0.1) is 0 Å². The van der Waals surface area contributed by atoms with Crippen molar-refractivity contribution in [1.82, 2.24) is 5.32 Å². The van der Waals surface area contributed by atoms with Gasteiger partial charge in [0, 0.05) is 20.8 Å². The smallest absolute Gasteiger partial charge is 0.463 e. The van der Waals surface area contributed by atoms with Gasteiger partial charge in [0.25, 0.3) is 0 Å². The predicted molar refractivity (Wildman–Crippen MR) is 86.4 cm³/mol. The Labute approximate surface area is 168 Å². The maximum Gasteiger partial charge on any atom is 0.471 e. The zero-order valence-corrected chi connectivity index (χ0v) is 16.1. The molecule has 0 aliphatic carbocycles. The Morgan fingerprint density at radius 2 is 1.57 bits per heavy atom. The van der Waals surface area contributed by atoms with Gasteiger partial charge in [-0.25, -0.2) is 0 Å². The Bertz CT molecular complexity index is 668. The first-order valence-corrected chi connectivity index (χ1v) is 8.43. The van der Waals surface area contributed by atoms with E-state index in [9.17, 15) is 37.1 Å². The van der Waals surface area contributed by atoms with Crippen molar-refractivity contribution in [3.05, 3.63) is 0 Å². The third-order valence-electron chi connectivity index (χ3n) is 3.59. The van der Waals surface area contributed by atoms with Gasteiger partial charge in [0.2, 0.25) is 0 Å². The summed E-state index contributed by atoms with van der Waals surface area (Å²) in [6.07, 6.45) is -11.5. The molecule has 30 heavy (non-hydrogen) atoms. The molecule has 0 aromatic heterocycles. The van der Waals surface area contributed by atoms with Crippen LogP contribution in [0.1, 0.15) is 20.8 Å². The summed E-state index contributed by atoms with van der Waals surface area (Å²) in [5.74, 6) is -5.11. The second-order valence-electron chi connectivity index (χ2n) is 5.99. The van der Waals surface area contributed by atoms with Crippen molar-refractivity contribution in [2.45, 2.75) is 57.6 Å². The molecule has 14 heteroatoms. The number of nitrogens with one attached hydrogen (secondary N) is 1. The van der Waals surface area contributed by atoms with Gasteiger partial charge in [-0.05, 0) is 0 Å². The first kappa shape index (κ1) is 25.3. The number of rotatable bonds is 8. The van der Waals surface area contributed by atoms with Gasteiger partial charge in [-0.2, -0.15) is 13.2 Å². The number of carbonyl (C=O) groups excluding carboxylic acids is 5. The largest absolute Gasteiger partial charge is 0.471 e. The van der Waals surface area contributed by atoms with Crippen LogP contribution < -0.4 is 5.32 Å². The van der Waals surface area contributed by atoms with Crippen molar-refractivity contribution in [2.24, 2.45) is 0 Å². The second kappa shape index (κ2) is 10.9.